The van der Waals surface area contributed by atoms with Crippen LogP contribution in [0.5, 0.6) is 0 Å². The van der Waals surface area contributed by atoms with Crippen LogP contribution in [-0.2, 0) is 18.3 Å². The number of anilines is 2. The van der Waals surface area contributed by atoms with Gasteiger partial charge in [-0.3, -0.25) is 9.48 Å². The summed E-state index contributed by atoms with van der Waals surface area (Å²) in [4.78, 5) is 25.0. The van der Waals surface area contributed by atoms with Crippen molar-refractivity contribution in [3.05, 3.63) is 30.5 Å². The summed E-state index contributed by atoms with van der Waals surface area (Å²) >= 11 is 0. The van der Waals surface area contributed by atoms with Gasteiger partial charge in [0.25, 0.3) is 5.78 Å². The third-order valence-corrected chi connectivity index (χ3v) is 4.20. The van der Waals surface area contributed by atoms with Gasteiger partial charge in [0.1, 0.15) is 12.1 Å². The minimum absolute atomic E-state index is 0.0392. The second kappa shape index (κ2) is 5.59. The van der Waals surface area contributed by atoms with E-state index in [4.69, 9.17) is 0 Å². The molecule has 0 saturated carbocycles. The predicted molar refractivity (Wildman–Crippen MR) is 87.9 cm³/mol. The summed E-state index contributed by atoms with van der Waals surface area (Å²) in [7, 11) is 1.84. The second-order valence-electron chi connectivity index (χ2n) is 5.77. The fourth-order valence-electron chi connectivity index (χ4n) is 2.94. The molecule has 1 fully saturated rings. The van der Waals surface area contributed by atoms with Gasteiger partial charge in [0.15, 0.2) is 0 Å². The van der Waals surface area contributed by atoms with Crippen LogP contribution >= 0.6 is 0 Å². The van der Waals surface area contributed by atoms with Crippen LogP contribution < -0.4 is 9.80 Å². The molecule has 4 heterocycles. The maximum absolute atomic E-state index is 12.6. The van der Waals surface area contributed by atoms with Crippen LogP contribution in [0.4, 0.5) is 11.5 Å². The Morgan fingerprint density at radius 1 is 1.25 bits per heavy atom. The van der Waals surface area contributed by atoms with Crippen molar-refractivity contribution >= 4 is 23.2 Å². The molecule has 0 bridgehead atoms. The van der Waals surface area contributed by atoms with Gasteiger partial charge in [-0.25, -0.2) is 4.98 Å². The molecule has 124 valence electrons. The van der Waals surface area contributed by atoms with E-state index in [1.54, 1.807) is 20.3 Å². The minimum atomic E-state index is 0.0392. The average molecular weight is 326 g/mol. The highest BCUT2D eigenvalue weighted by Crippen LogP contribution is 2.21. The Morgan fingerprint density at radius 2 is 2.12 bits per heavy atom. The molecule has 1 aliphatic rings. The van der Waals surface area contributed by atoms with E-state index in [1.165, 1.54) is 6.33 Å². The molecule has 9 nitrogen and oxygen atoms in total. The SMILES string of the molecule is CCc1cc(N2CCN(c3cnn(C)c3)C(=O)C2)n2ncnc2n1. The third kappa shape index (κ3) is 2.38. The molecule has 24 heavy (non-hydrogen) atoms. The lowest BCUT2D eigenvalue weighted by atomic mass is 10.2. The van der Waals surface area contributed by atoms with Gasteiger partial charge in [-0.2, -0.15) is 19.7 Å². The summed E-state index contributed by atoms with van der Waals surface area (Å²) in [6.07, 6.45) is 5.86. The molecule has 0 aromatic carbocycles. The zero-order valence-corrected chi connectivity index (χ0v) is 13.6. The van der Waals surface area contributed by atoms with Crippen molar-refractivity contribution in [2.45, 2.75) is 13.3 Å². The van der Waals surface area contributed by atoms with Gasteiger partial charge in [0, 0.05) is 38.1 Å². The average Bonchev–Trinajstić information content (AvgIpc) is 3.22. The number of piperazine rings is 1. The number of hydrogen-bond donors (Lipinski definition) is 0. The van der Waals surface area contributed by atoms with Gasteiger partial charge < -0.3 is 9.80 Å². The van der Waals surface area contributed by atoms with E-state index >= 15 is 0 Å². The van der Waals surface area contributed by atoms with Gasteiger partial charge in [-0.05, 0) is 6.42 Å². The quantitative estimate of drug-likeness (QED) is 0.687. The van der Waals surface area contributed by atoms with Crippen LogP contribution in [0.3, 0.4) is 0 Å². The van der Waals surface area contributed by atoms with E-state index in [2.05, 4.69) is 20.2 Å². The second-order valence-corrected chi connectivity index (χ2v) is 5.77. The van der Waals surface area contributed by atoms with Crippen LogP contribution in [0, 0.1) is 0 Å². The lowest BCUT2D eigenvalue weighted by molar-refractivity contribution is -0.117. The highest BCUT2D eigenvalue weighted by molar-refractivity contribution is 5.97. The molecule has 0 spiro atoms. The van der Waals surface area contributed by atoms with Crippen molar-refractivity contribution in [3.63, 3.8) is 0 Å². The van der Waals surface area contributed by atoms with Crippen molar-refractivity contribution in [2.24, 2.45) is 7.05 Å². The topological polar surface area (TPSA) is 84.5 Å². The van der Waals surface area contributed by atoms with E-state index < -0.39 is 0 Å². The molecule has 1 amide bonds. The van der Waals surface area contributed by atoms with Gasteiger partial charge in [-0.15, -0.1) is 0 Å². The number of aromatic nitrogens is 6. The molecular weight excluding hydrogens is 308 g/mol. The van der Waals surface area contributed by atoms with Crippen molar-refractivity contribution in [1.29, 1.82) is 0 Å². The first kappa shape index (κ1) is 14.6. The van der Waals surface area contributed by atoms with Crippen LogP contribution in [0.1, 0.15) is 12.6 Å². The molecule has 0 N–H and O–H groups in total. The molecular formula is C15H18N8O. The molecule has 3 aromatic heterocycles. The number of hydrogen-bond acceptors (Lipinski definition) is 6. The number of rotatable bonds is 3. The number of fused-ring (bicyclic) bond motifs is 1. The Bertz CT molecular complexity index is 898. The van der Waals surface area contributed by atoms with E-state index in [9.17, 15) is 4.79 Å². The first-order valence-corrected chi connectivity index (χ1v) is 7.89. The number of carbonyl (C=O) groups excluding carboxylic acids is 1. The lowest BCUT2D eigenvalue weighted by Gasteiger charge is -2.34. The van der Waals surface area contributed by atoms with Gasteiger partial charge in [0.2, 0.25) is 5.91 Å². The zero-order valence-electron chi connectivity index (χ0n) is 13.6. The molecule has 4 rings (SSSR count). The molecule has 1 aliphatic heterocycles. The van der Waals surface area contributed by atoms with E-state index in [0.29, 0.717) is 18.9 Å². The van der Waals surface area contributed by atoms with Gasteiger partial charge in [0.05, 0.1) is 18.4 Å². The van der Waals surface area contributed by atoms with Crippen molar-refractivity contribution in [2.75, 3.05) is 29.4 Å². The standard InChI is InChI=1S/C15H18N8O/c1-3-11-6-13(23-15(19-11)16-10-18-23)21-4-5-22(14(24)9-21)12-7-17-20(2)8-12/h6-8,10H,3-5,9H2,1-2H3. The largest absolute Gasteiger partial charge is 0.345 e. The molecule has 9 heteroatoms. The van der Waals surface area contributed by atoms with Gasteiger partial charge >= 0.3 is 0 Å². The lowest BCUT2D eigenvalue weighted by Crippen LogP contribution is -2.51. The first-order chi connectivity index (χ1) is 11.7. The summed E-state index contributed by atoms with van der Waals surface area (Å²) in [5.41, 5.74) is 1.77. The molecule has 0 atom stereocenters. The molecule has 0 unspecified atom stereocenters. The summed E-state index contributed by atoms with van der Waals surface area (Å²) in [6, 6.07) is 1.98. The van der Waals surface area contributed by atoms with Crippen LogP contribution in [-0.4, -0.2) is 54.9 Å². The Hall–Kier alpha value is -2.97. The maximum atomic E-state index is 12.6. The van der Waals surface area contributed by atoms with Crippen molar-refractivity contribution in [1.82, 2.24) is 29.4 Å². The molecule has 0 radical (unpaired) electrons. The Balaban J connectivity index is 1.63. The number of amides is 1. The Labute approximate surface area is 138 Å². The van der Waals surface area contributed by atoms with E-state index in [0.717, 1.165) is 23.6 Å². The third-order valence-electron chi connectivity index (χ3n) is 4.20. The normalized spacial score (nSPS) is 15.5. The predicted octanol–water partition coefficient (Wildman–Crippen LogP) is 0.273. The summed E-state index contributed by atoms with van der Waals surface area (Å²) in [6.45, 7) is 3.65. The highest BCUT2D eigenvalue weighted by Gasteiger charge is 2.27. The summed E-state index contributed by atoms with van der Waals surface area (Å²) < 4.78 is 3.39. The zero-order chi connectivity index (χ0) is 16.7. The summed E-state index contributed by atoms with van der Waals surface area (Å²) in [5, 5.41) is 8.38. The first-order valence-electron chi connectivity index (χ1n) is 7.89. The fourth-order valence-corrected chi connectivity index (χ4v) is 2.94. The van der Waals surface area contributed by atoms with Crippen LogP contribution in [0.15, 0.2) is 24.8 Å². The smallest absolute Gasteiger partial charge is 0.254 e. The minimum Gasteiger partial charge on any atom is -0.345 e. The molecule has 0 aliphatic carbocycles. The van der Waals surface area contributed by atoms with Crippen LogP contribution in [0.2, 0.25) is 0 Å². The summed E-state index contributed by atoms with van der Waals surface area (Å²) in [5.74, 6) is 1.46. The van der Waals surface area contributed by atoms with E-state index in [-0.39, 0.29) is 12.5 Å². The Morgan fingerprint density at radius 3 is 2.83 bits per heavy atom. The number of nitrogens with zero attached hydrogens (tertiary/aromatic N) is 8. The van der Waals surface area contributed by atoms with Crippen LogP contribution in [0.25, 0.3) is 5.78 Å². The van der Waals surface area contributed by atoms with Gasteiger partial charge in [-0.1, -0.05) is 6.92 Å². The number of aryl methyl sites for hydroxylation is 2. The molecule has 1 saturated heterocycles. The number of carbonyl (C=O) groups is 1. The maximum Gasteiger partial charge on any atom is 0.254 e. The fraction of sp³-hybridized carbons (Fsp3) is 0.400. The van der Waals surface area contributed by atoms with E-state index in [1.807, 2.05) is 31.1 Å². The molecule has 3 aromatic rings. The Kier molecular flexibility index (Phi) is 3.40. The monoisotopic (exact) mass is 326 g/mol. The highest BCUT2D eigenvalue weighted by atomic mass is 16.2. The van der Waals surface area contributed by atoms with Crippen molar-refractivity contribution < 1.29 is 4.79 Å². The van der Waals surface area contributed by atoms with Crippen molar-refractivity contribution in [3.8, 4) is 0 Å².